The number of anilines is 1. The Labute approximate surface area is 166 Å². The van der Waals surface area contributed by atoms with E-state index >= 15 is 0 Å². The molecule has 1 aliphatic heterocycles. The fraction of sp³-hybridized carbons (Fsp3) is 0.421. The van der Waals surface area contributed by atoms with E-state index in [0.29, 0.717) is 22.5 Å². The molecule has 5 nitrogen and oxygen atoms in total. The van der Waals surface area contributed by atoms with Gasteiger partial charge in [-0.15, -0.1) is 23.1 Å². The van der Waals surface area contributed by atoms with Crippen LogP contribution in [0, 0.1) is 11.7 Å². The second-order valence-corrected chi connectivity index (χ2v) is 8.52. The summed E-state index contributed by atoms with van der Waals surface area (Å²) in [6.45, 7) is 3.80. The van der Waals surface area contributed by atoms with E-state index in [9.17, 15) is 14.0 Å². The van der Waals surface area contributed by atoms with Gasteiger partial charge in [0.1, 0.15) is 5.82 Å². The van der Waals surface area contributed by atoms with Crippen LogP contribution in [-0.2, 0) is 9.59 Å². The van der Waals surface area contributed by atoms with Crippen LogP contribution in [0.2, 0.25) is 0 Å². The van der Waals surface area contributed by atoms with Crippen LogP contribution >= 0.6 is 23.1 Å². The molecule has 0 bridgehead atoms. The summed E-state index contributed by atoms with van der Waals surface area (Å²) in [5.74, 6) is 0.704. The van der Waals surface area contributed by atoms with Crippen molar-refractivity contribution in [3.8, 4) is 11.3 Å². The van der Waals surface area contributed by atoms with E-state index < -0.39 is 0 Å². The standard InChI is InChI=1S/C19H22FN3O2S2/c1-13-3-2-8-23(9-13)18(25)12-26-11-17(24)22-19-21-16(10-27-19)14-4-6-15(20)7-5-14/h4-7,10,13H,2-3,8-9,11-12H2,1H3,(H,21,22,24). The molecule has 8 heteroatoms. The van der Waals surface area contributed by atoms with Crippen molar-refractivity contribution in [2.75, 3.05) is 29.9 Å². The molecule has 0 spiro atoms. The first-order valence-electron chi connectivity index (χ1n) is 8.88. The fourth-order valence-corrected chi connectivity index (χ4v) is 4.43. The number of halogens is 1. The Balaban J connectivity index is 1.43. The molecule has 2 heterocycles. The number of thiazole rings is 1. The number of amides is 2. The van der Waals surface area contributed by atoms with Gasteiger partial charge in [-0.2, -0.15) is 0 Å². The highest BCUT2D eigenvalue weighted by molar-refractivity contribution is 8.00. The third-order valence-corrected chi connectivity index (χ3v) is 6.03. The van der Waals surface area contributed by atoms with E-state index in [0.717, 1.165) is 25.1 Å². The monoisotopic (exact) mass is 407 g/mol. The maximum Gasteiger partial charge on any atom is 0.236 e. The number of benzene rings is 1. The van der Waals surface area contributed by atoms with Crippen molar-refractivity contribution in [3.05, 3.63) is 35.5 Å². The number of thioether (sulfide) groups is 1. The number of aromatic nitrogens is 1. The summed E-state index contributed by atoms with van der Waals surface area (Å²) in [4.78, 5) is 30.5. The molecule has 1 aliphatic rings. The highest BCUT2D eigenvalue weighted by atomic mass is 32.2. The minimum Gasteiger partial charge on any atom is -0.342 e. The number of carbonyl (C=O) groups excluding carboxylic acids is 2. The minimum atomic E-state index is -0.298. The van der Waals surface area contributed by atoms with Gasteiger partial charge < -0.3 is 10.2 Å². The molecule has 1 aromatic carbocycles. The van der Waals surface area contributed by atoms with Crippen molar-refractivity contribution in [1.29, 1.82) is 0 Å². The Morgan fingerprint density at radius 3 is 2.85 bits per heavy atom. The zero-order valence-electron chi connectivity index (χ0n) is 15.1. The van der Waals surface area contributed by atoms with Crippen molar-refractivity contribution in [1.82, 2.24) is 9.88 Å². The average Bonchev–Trinajstić information content (AvgIpc) is 3.10. The van der Waals surface area contributed by atoms with Crippen LogP contribution in [0.1, 0.15) is 19.8 Å². The Bertz CT molecular complexity index is 795. The molecule has 1 atom stereocenters. The first-order valence-corrected chi connectivity index (χ1v) is 10.9. The van der Waals surface area contributed by atoms with Gasteiger partial charge >= 0.3 is 0 Å². The lowest BCUT2D eigenvalue weighted by atomic mass is 10.0. The Kier molecular flexibility index (Phi) is 6.84. The molecule has 144 valence electrons. The number of nitrogens with zero attached hydrogens (tertiary/aromatic N) is 2. The lowest BCUT2D eigenvalue weighted by Gasteiger charge is -2.30. The van der Waals surface area contributed by atoms with Crippen molar-refractivity contribution < 1.29 is 14.0 Å². The van der Waals surface area contributed by atoms with Crippen molar-refractivity contribution in [2.24, 2.45) is 5.92 Å². The van der Waals surface area contributed by atoms with Gasteiger partial charge in [-0.25, -0.2) is 9.37 Å². The van der Waals surface area contributed by atoms with Gasteiger partial charge in [0.2, 0.25) is 11.8 Å². The molecule has 1 aromatic heterocycles. The van der Waals surface area contributed by atoms with Crippen LogP contribution in [0.15, 0.2) is 29.6 Å². The van der Waals surface area contributed by atoms with Crippen LogP contribution in [0.3, 0.4) is 0 Å². The number of nitrogens with one attached hydrogen (secondary N) is 1. The SMILES string of the molecule is CC1CCCN(C(=O)CSCC(=O)Nc2nc(-c3ccc(F)cc3)cs2)C1. The Morgan fingerprint density at radius 2 is 2.11 bits per heavy atom. The predicted molar refractivity (Wildman–Crippen MR) is 108 cm³/mol. The summed E-state index contributed by atoms with van der Waals surface area (Å²) in [5.41, 5.74) is 1.49. The molecule has 3 rings (SSSR count). The smallest absolute Gasteiger partial charge is 0.236 e. The van der Waals surface area contributed by atoms with E-state index in [-0.39, 0.29) is 23.4 Å². The molecule has 2 aromatic rings. The maximum atomic E-state index is 13.0. The largest absolute Gasteiger partial charge is 0.342 e. The second kappa shape index (κ2) is 9.32. The van der Waals surface area contributed by atoms with E-state index in [2.05, 4.69) is 17.2 Å². The highest BCUT2D eigenvalue weighted by Crippen LogP contribution is 2.25. The molecule has 1 N–H and O–H groups in total. The summed E-state index contributed by atoms with van der Waals surface area (Å²) >= 11 is 2.64. The first-order chi connectivity index (χ1) is 13.0. The van der Waals surface area contributed by atoms with E-state index in [1.54, 1.807) is 12.1 Å². The first kappa shape index (κ1) is 19.8. The minimum absolute atomic E-state index is 0.104. The van der Waals surface area contributed by atoms with Crippen LogP contribution < -0.4 is 5.32 Å². The Hall–Kier alpha value is -1.93. The fourth-order valence-electron chi connectivity index (χ4n) is 2.98. The van der Waals surface area contributed by atoms with E-state index in [1.165, 1.54) is 41.7 Å². The molecule has 0 radical (unpaired) electrons. The summed E-state index contributed by atoms with van der Waals surface area (Å²) in [6.07, 6.45) is 2.23. The molecule has 1 saturated heterocycles. The van der Waals surface area contributed by atoms with Gasteiger partial charge in [0, 0.05) is 24.0 Å². The van der Waals surface area contributed by atoms with E-state index in [1.807, 2.05) is 10.3 Å². The van der Waals surface area contributed by atoms with Crippen LogP contribution in [0.5, 0.6) is 0 Å². The van der Waals surface area contributed by atoms with Crippen molar-refractivity contribution in [2.45, 2.75) is 19.8 Å². The van der Waals surface area contributed by atoms with Gasteiger partial charge in [-0.05, 0) is 43.0 Å². The van der Waals surface area contributed by atoms with Gasteiger partial charge in [-0.3, -0.25) is 9.59 Å². The number of rotatable bonds is 6. The van der Waals surface area contributed by atoms with Gasteiger partial charge in [0.15, 0.2) is 5.13 Å². The number of hydrogen-bond donors (Lipinski definition) is 1. The maximum absolute atomic E-state index is 13.0. The quantitative estimate of drug-likeness (QED) is 0.789. The summed E-state index contributed by atoms with van der Waals surface area (Å²) < 4.78 is 13.0. The zero-order chi connectivity index (χ0) is 19.2. The molecular weight excluding hydrogens is 385 g/mol. The number of likely N-dealkylation sites (tertiary alicyclic amines) is 1. The third-order valence-electron chi connectivity index (χ3n) is 4.36. The summed E-state index contributed by atoms with van der Waals surface area (Å²) in [6, 6.07) is 6.06. The van der Waals surface area contributed by atoms with Crippen molar-refractivity contribution in [3.63, 3.8) is 0 Å². The van der Waals surface area contributed by atoms with E-state index in [4.69, 9.17) is 0 Å². The summed E-state index contributed by atoms with van der Waals surface area (Å²) in [7, 11) is 0. The molecule has 2 amide bonds. The zero-order valence-corrected chi connectivity index (χ0v) is 16.7. The second-order valence-electron chi connectivity index (χ2n) is 6.67. The third kappa shape index (κ3) is 5.77. The molecule has 0 saturated carbocycles. The van der Waals surface area contributed by atoms with Crippen LogP contribution in [0.4, 0.5) is 9.52 Å². The molecule has 27 heavy (non-hydrogen) atoms. The summed E-state index contributed by atoms with van der Waals surface area (Å²) in [5, 5.41) is 5.07. The highest BCUT2D eigenvalue weighted by Gasteiger charge is 2.20. The number of piperidine rings is 1. The number of carbonyl (C=O) groups is 2. The molecule has 1 unspecified atom stereocenters. The average molecular weight is 408 g/mol. The lowest BCUT2D eigenvalue weighted by molar-refractivity contribution is -0.130. The van der Waals surface area contributed by atoms with Gasteiger partial charge in [-0.1, -0.05) is 6.92 Å². The van der Waals surface area contributed by atoms with Crippen molar-refractivity contribution >= 4 is 40.0 Å². The number of hydrogen-bond acceptors (Lipinski definition) is 5. The Morgan fingerprint density at radius 1 is 1.33 bits per heavy atom. The normalized spacial score (nSPS) is 17.0. The predicted octanol–water partition coefficient (Wildman–Crippen LogP) is 3.88. The molecule has 1 fully saturated rings. The lowest BCUT2D eigenvalue weighted by Crippen LogP contribution is -2.40. The van der Waals surface area contributed by atoms with Gasteiger partial charge in [0.25, 0.3) is 0 Å². The molecule has 0 aliphatic carbocycles. The molecular formula is C19H22FN3O2S2. The van der Waals surface area contributed by atoms with Crippen LogP contribution in [-0.4, -0.2) is 46.3 Å². The van der Waals surface area contributed by atoms with Gasteiger partial charge in [0.05, 0.1) is 17.2 Å². The van der Waals surface area contributed by atoms with Crippen LogP contribution in [0.25, 0.3) is 11.3 Å². The topological polar surface area (TPSA) is 62.3 Å².